The molecule has 2 aromatic rings. The van der Waals surface area contributed by atoms with Crippen LogP contribution < -0.4 is 4.74 Å². The molecule has 6 heteroatoms. The van der Waals surface area contributed by atoms with Crippen LogP contribution in [-0.4, -0.2) is 28.4 Å². The van der Waals surface area contributed by atoms with Crippen molar-refractivity contribution < 1.29 is 24.9 Å². The Hall–Kier alpha value is -2.34. The fourth-order valence-corrected chi connectivity index (χ4v) is 2.47. The standard InChI is InChI=1S/C14H12O5S/c1-19-12-7-10(6-11(15)13(12)16)20-9-4-2-8(3-5-9)14(17)18/h2-7,15-16H,1H3,(H,17,18). The summed E-state index contributed by atoms with van der Waals surface area (Å²) in [6, 6.07) is 9.35. The molecule has 0 bridgehead atoms. The third-order valence-electron chi connectivity index (χ3n) is 2.59. The highest BCUT2D eigenvalue weighted by atomic mass is 32.2. The summed E-state index contributed by atoms with van der Waals surface area (Å²) in [5, 5.41) is 27.9. The zero-order valence-electron chi connectivity index (χ0n) is 10.5. The second kappa shape index (κ2) is 5.75. The third-order valence-corrected chi connectivity index (χ3v) is 3.56. The van der Waals surface area contributed by atoms with E-state index in [1.165, 1.54) is 37.1 Å². The number of carbonyl (C=O) groups is 1. The minimum absolute atomic E-state index is 0.176. The van der Waals surface area contributed by atoms with Crippen molar-refractivity contribution in [3.8, 4) is 17.2 Å². The van der Waals surface area contributed by atoms with E-state index in [0.717, 1.165) is 4.90 Å². The molecule has 0 amide bonds. The van der Waals surface area contributed by atoms with Gasteiger partial charge in [0.15, 0.2) is 11.5 Å². The molecule has 0 heterocycles. The highest BCUT2D eigenvalue weighted by Crippen LogP contribution is 2.41. The fraction of sp³-hybridized carbons (Fsp3) is 0.0714. The summed E-state index contributed by atoms with van der Waals surface area (Å²) in [6.07, 6.45) is 0. The predicted molar refractivity (Wildman–Crippen MR) is 73.8 cm³/mol. The van der Waals surface area contributed by atoms with Crippen molar-refractivity contribution in [3.05, 3.63) is 42.0 Å². The molecule has 0 radical (unpaired) electrons. The highest BCUT2D eigenvalue weighted by Gasteiger charge is 2.11. The number of carboxylic acids is 1. The van der Waals surface area contributed by atoms with Crippen molar-refractivity contribution >= 4 is 17.7 Å². The molecule has 20 heavy (non-hydrogen) atoms. The van der Waals surface area contributed by atoms with Crippen LogP contribution in [0.1, 0.15) is 10.4 Å². The Labute approximate surface area is 119 Å². The molecular formula is C14H12O5S. The van der Waals surface area contributed by atoms with Gasteiger partial charge in [0.1, 0.15) is 0 Å². The molecule has 0 spiro atoms. The summed E-state index contributed by atoms with van der Waals surface area (Å²) in [4.78, 5) is 12.2. The van der Waals surface area contributed by atoms with E-state index in [-0.39, 0.29) is 22.8 Å². The second-order valence-electron chi connectivity index (χ2n) is 3.92. The lowest BCUT2D eigenvalue weighted by molar-refractivity contribution is 0.0697. The molecule has 0 aromatic heterocycles. The van der Waals surface area contributed by atoms with Crippen LogP contribution in [0.2, 0.25) is 0 Å². The molecule has 104 valence electrons. The zero-order valence-corrected chi connectivity index (χ0v) is 11.3. The molecule has 0 aliphatic rings. The normalized spacial score (nSPS) is 10.2. The first-order valence-electron chi connectivity index (χ1n) is 5.62. The molecule has 2 aromatic carbocycles. The number of aromatic hydroxyl groups is 2. The number of methoxy groups -OCH3 is 1. The van der Waals surface area contributed by atoms with Crippen LogP contribution in [-0.2, 0) is 0 Å². The van der Waals surface area contributed by atoms with Crippen molar-refractivity contribution in [1.29, 1.82) is 0 Å². The Morgan fingerprint density at radius 2 is 1.75 bits per heavy atom. The van der Waals surface area contributed by atoms with E-state index in [9.17, 15) is 15.0 Å². The number of phenolic OH excluding ortho intramolecular Hbond substituents is 2. The molecule has 2 rings (SSSR count). The van der Waals surface area contributed by atoms with Crippen molar-refractivity contribution in [2.45, 2.75) is 9.79 Å². The summed E-state index contributed by atoms with van der Waals surface area (Å²) in [6.45, 7) is 0. The van der Waals surface area contributed by atoms with E-state index < -0.39 is 5.97 Å². The number of carboxylic acid groups (broad SMARTS) is 1. The van der Waals surface area contributed by atoms with Gasteiger partial charge in [-0.1, -0.05) is 11.8 Å². The van der Waals surface area contributed by atoms with Gasteiger partial charge in [-0.25, -0.2) is 4.79 Å². The van der Waals surface area contributed by atoms with Gasteiger partial charge in [0, 0.05) is 9.79 Å². The Bertz CT molecular complexity index is 637. The van der Waals surface area contributed by atoms with E-state index in [4.69, 9.17) is 9.84 Å². The first-order valence-corrected chi connectivity index (χ1v) is 6.44. The smallest absolute Gasteiger partial charge is 0.335 e. The van der Waals surface area contributed by atoms with Crippen molar-refractivity contribution in [2.24, 2.45) is 0 Å². The topological polar surface area (TPSA) is 87.0 Å². The molecule has 0 saturated heterocycles. The molecule has 5 nitrogen and oxygen atoms in total. The van der Waals surface area contributed by atoms with E-state index in [2.05, 4.69) is 0 Å². The first-order chi connectivity index (χ1) is 9.51. The molecule has 0 aliphatic carbocycles. The lowest BCUT2D eigenvalue weighted by Gasteiger charge is -2.08. The number of benzene rings is 2. The Balaban J connectivity index is 2.25. The van der Waals surface area contributed by atoms with Gasteiger partial charge in [-0.05, 0) is 36.4 Å². The van der Waals surface area contributed by atoms with Gasteiger partial charge in [0.25, 0.3) is 0 Å². The number of hydrogen-bond donors (Lipinski definition) is 3. The van der Waals surface area contributed by atoms with E-state index in [0.29, 0.717) is 4.90 Å². The maximum Gasteiger partial charge on any atom is 0.335 e. The Morgan fingerprint density at radius 1 is 1.10 bits per heavy atom. The van der Waals surface area contributed by atoms with Gasteiger partial charge in [-0.2, -0.15) is 0 Å². The average Bonchev–Trinajstić information content (AvgIpc) is 2.43. The minimum atomic E-state index is -0.981. The molecule has 0 atom stereocenters. The SMILES string of the molecule is COc1cc(Sc2ccc(C(=O)O)cc2)cc(O)c1O. The Kier molecular flexibility index (Phi) is 4.05. The Morgan fingerprint density at radius 3 is 2.30 bits per heavy atom. The van der Waals surface area contributed by atoms with Crippen molar-refractivity contribution in [3.63, 3.8) is 0 Å². The molecule has 0 saturated carbocycles. The van der Waals surface area contributed by atoms with Crippen LogP contribution in [0.25, 0.3) is 0 Å². The van der Waals surface area contributed by atoms with Gasteiger partial charge >= 0.3 is 5.97 Å². The molecule has 0 aliphatic heterocycles. The summed E-state index contributed by atoms with van der Waals surface area (Å²) < 4.78 is 4.95. The maximum atomic E-state index is 10.8. The van der Waals surface area contributed by atoms with Crippen LogP contribution in [0, 0.1) is 0 Å². The van der Waals surface area contributed by atoms with Gasteiger partial charge in [0.05, 0.1) is 12.7 Å². The molecule has 0 unspecified atom stereocenters. The third kappa shape index (κ3) is 2.97. The van der Waals surface area contributed by atoms with Crippen LogP contribution in [0.4, 0.5) is 0 Å². The number of ether oxygens (including phenoxy) is 1. The van der Waals surface area contributed by atoms with Gasteiger partial charge in [-0.3, -0.25) is 0 Å². The molecule has 3 N–H and O–H groups in total. The number of phenols is 2. The second-order valence-corrected chi connectivity index (χ2v) is 5.07. The average molecular weight is 292 g/mol. The predicted octanol–water partition coefficient (Wildman–Crippen LogP) is 2.96. The van der Waals surface area contributed by atoms with E-state index in [1.807, 2.05) is 0 Å². The van der Waals surface area contributed by atoms with Crippen LogP contribution >= 0.6 is 11.8 Å². The molecule has 0 fully saturated rings. The van der Waals surface area contributed by atoms with Gasteiger partial charge < -0.3 is 20.1 Å². The van der Waals surface area contributed by atoms with Crippen LogP contribution in [0.5, 0.6) is 17.2 Å². The fourth-order valence-electron chi connectivity index (χ4n) is 1.58. The zero-order chi connectivity index (χ0) is 14.7. The monoisotopic (exact) mass is 292 g/mol. The van der Waals surface area contributed by atoms with E-state index in [1.54, 1.807) is 18.2 Å². The first kappa shape index (κ1) is 14.1. The lowest BCUT2D eigenvalue weighted by Crippen LogP contribution is -1.94. The number of rotatable bonds is 4. The van der Waals surface area contributed by atoms with Gasteiger partial charge in [0.2, 0.25) is 5.75 Å². The largest absolute Gasteiger partial charge is 0.504 e. The van der Waals surface area contributed by atoms with Crippen molar-refractivity contribution in [1.82, 2.24) is 0 Å². The quantitative estimate of drug-likeness (QED) is 0.751. The van der Waals surface area contributed by atoms with Crippen molar-refractivity contribution in [2.75, 3.05) is 7.11 Å². The van der Waals surface area contributed by atoms with E-state index >= 15 is 0 Å². The lowest BCUT2D eigenvalue weighted by atomic mass is 10.2. The molecular weight excluding hydrogens is 280 g/mol. The van der Waals surface area contributed by atoms with Gasteiger partial charge in [-0.15, -0.1) is 0 Å². The minimum Gasteiger partial charge on any atom is -0.504 e. The van der Waals surface area contributed by atoms with Crippen LogP contribution in [0.3, 0.4) is 0 Å². The highest BCUT2D eigenvalue weighted by molar-refractivity contribution is 7.99. The number of hydrogen-bond acceptors (Lipinski definition) is 5. The number of aromatic carboxylic acids is 1. The summed E-state index contributed by atoms with van der Waals surface area (Å²) in [5.41, 5.74) is 0.209. The van der Waals surface area contributed by atoms with Crippen LogP contribution in [0.15, 0.2) is 46.2 Å². The summed E-state index contributed by atoms with van der Waals surface area (Å²) >= 11 is 1.32. The summed E-state index contributed by atoms with van der Waals surface area (Å²) in [7, 11) is 1.39. The summed E-state index contributed by atoms with van der Waals surface area (Å²) in [5.74, 6) is -1.38. The maximum absolute atomic E-state index is 10.8.